The maximum atomic E-state index is 11.8. The van der Waals surface area contributed by atoms with Crippen LogP contribution in [0.2, 0.25) is 0 Å². The van der Waals surface area contributed by atoms with E-state index in [-0.39, 0.29) is 11.8 Å². The molecule has 0 amide bonds. The van der Waals surface area contributed by atoms with Gasteiger partial charge in [0.15, 0.2) is 9.84 Å². The van der Waals surface area contributed by atoms with Crippen molar-refractivity contribution >= 4 is 15.8 Å². The van der Waals surface area contributed by atoms with Crippen molar-refractivity contribution in [2.24, 2.45) is 5.92 Å². The SMILES string of the molecule is Cc1ccc(C2C(C)CCCN2CCS(=O)(=O)CC(=O)O)cc1. The second kappa shape index (κ2) is 7.45. The summed E-state index contributed by atoms with van der Waals surface area (Å²) < 4.78 is 23.7. The van der Waals surface area contributed by atoms with Gasteiger partial charge in [-0.05, 0) is 37.8 Å². The molecule has 1 aliphatic heterocycles. The van der Waals surface area contributed by atoms with E-state index in [1.807, 2.05) is 6.92 Å². The average molecular weight is 339 g/mol. The molecule has 0 aromatic heterocycles. The Morgan fingerprint density at radius 2 is 1.96 bits per heavy atom. The zero-order valence-corrected chi connectivity index (χ0v) is 14.6. The van der Waals surface area contributed by atoms with Crippen LogP contribution < -0.4 is 0 Å². The Labute approximate surface area is 138 Å². The van der Waals surface area contributed by atoms with Gasteiger partial charge in [0.05, 0.1) is 5.75 Å². The number of aliphatic carboxylic acids is 1. The third kappa shape index (κ3) is 5.04. The fourth-order valence-corrected chi connectivity index (χ4v) is 4.38. The van der Waals surface area contributed by atoms with Gasteiger partial charge in [0.1, 0.15) is 5.75 Å². The van der Waals surface area contributed by atoms with E-state index in [0.717, 1.165) is 19.4 Å². The molecule has 23 heavy (non-hydrogen) atoms. The van der Waals surface area contributed by atoms with Crippen LogP contribution in [0.5, 0.6) is 0 Å². The Morgan fingerprint density at radius 3 is 2.57 bits per heavy atom. The molecular weight excluding hydrogens is 314 g/mol. The van der Waals surface area contributed by atoms with Gasteiger partial charge >= 0.3 is 5.97 Å². The minimum Gasteiger partial charge on any atom is -0.480 e. The van der Waals surface area contributed by atoms with Gasteiger partial charge in [-0.3, -0.25) is 9.69 Å². The van der Waals surface area contributed by atoms with Gasteiger partial charge in [0.2, 0.25) is 0 Å². The van der Waals surface area contributed by atoms with Crippen LogP contribution in [0.3, 0.4) is 0 Å². The fourth-order valence-electron chi connectivity index (χ4n) is 3.34. The summed E-state index contributed by atoms with van der Waals surface area (Å²) in [7, 11) is -3.55. The number of sulfone groups is 1. The van der Waals surface area contributed by atoms with Crippen LogP contribution >= 0.6 is 0 Å². The molecule has 128 valence electrons. The maximum absolute atomic E-state index is 11.8. The van der Waals surface area contributed by atoms with E-state index in [9.17, 15) is 13.2 Å². The van der Waals surface area contributed by atoms with Crippen LogP contribution in [0.4, 0.5) is 0 Å². The highest BCUT2D eigenvalue weighted by atomic mass is 32.2. The number of benzene rings is 1. The zero-order chi connectivity index (χ0) is 17.0. The second-order valence-corrected chi connectivity index (χ2v) is 8.68. The second-order valence-electron chi connectivity index (χ2n) is 6.50. The smallest absolute Gasteiger partial charge is 0.318 e. The van der Waals surface area contributed by atoms with E-state index in [4.69, 9.17) is 5.11 Å². The highest BCUT2D eigenvalue weighted by molar-refractivity contribution is 7.92. The molecule has 1 fully saturated rings. The predicted octanol–water partition coefficient (Wildman–Crippen LogP) is 2.27. The highest BCUT2D eigenvalue weighted by Crippen LogP contribution is 2.35. The van der Waals surface area contributed by atoms with Crippen LogP contribution in [-0.2, 0) is 14.6 Å². The number of rotatable bonds is 6. The molecule has 0 saturated carbocycles. The first-order chi connectivity index (χ1) is 10.8. The molecule has 1 heterocycles. The highest BCUT2D eigenvalue weighted by Gasteiger charge is 2.30. The molecule has 1 aliphatic rings. The molecule has 2 unspecified atom stereocenters. The third-order valence-electron chi connectivity index (χ3n) is 4.49. The van der Waals surface area contributed by atoms with Crippen molar-refractivity contribution in [2.75, 3.05) is 24.6 Å². The molecular formula is C17H25NO4S. The van der Waals surface area contributed by atoms with Gasteiger partial charge < -0.3 is 5.11 Å². The zero-order valence-electron chi connectivity index (χ0n) is 13.7. The Morgan fingerprint density at radius 1 is 1.30 bits per heavy atom. The number of likely N-dealkylation sites (tertiary alicyclic amines) is 1. The van der Waals surface area contributed by atoms with Gasteiger partial charge in [0, 0.05) is 12.6 Å². The van der Waals surface area contributed by atoms with Crippen LogP contribution in [0.1, 0.15) is 36.9 Å². The first kappa shape index (κ1) is 17.9. The molecule has 5 nitrogen and oxygen atoms in total. The first-order valence-corrected chi connectivity index (χ1v) is 9.83. The van der Waals surface area contributed by atoms with Crippen molar-refractivity contribution in [3.63, 3.8) is 0 Å². The van der Waals surface area contributed by atoms with Crippen LogP contribution in [0, 0.1) is 12.8 Å². The summed E-state index contributed by atoms with van der Waals surface area (Å²) in [6, 6.07) is 8.58. The van der Waals surface area contributed by atoms with Crippen LogP contribution in [0.15, 0.2) is 24.3 Å². The summed E-state index contributed by atoms with van der Waals surface area (Å²) in [6.45, 7) is 5.48. The normalized spacial score (nSPS) is 22.9. The van der Waals surface area contributed by atoms with Gasteiger partial charge in [-0.25, -0.2) is 8.42 Å². The average Bonchev–Trinajstić information content (AvgIpc) is 2.45. The molecule has 0 radical (unpaired) electrons. The molecule has 6 heteroatoms. The summed E-state index contributed by atoms with van der Waals surface area (Å²) in [5.41, 5.74) is 2.41. The Hall–Kier alpha value is -1.40. The molecule has 0 aliphatic carbocycles. The van der Waals surface area contributed by atoms with E-state index >= 15 is 0 Å². The minimum atomic E-state index is -3.55. The molecule has 0 bridgehead atoms. The number of carbonyl (C=O) groups is 1. The van der Waals surface area contributed by atoms with Crippen LogP contribution in [0.25, 0.3) is 0 Å². The summed E-state index contributed by atoms with van der Waals surface area (Å²) in [4.78, 5) is 12.8. The summed E-state index contributed by atoms with van der Waals surface area (Å²) in [5, 5.41) is 8.69. The fraction of sp³-hybridized carbons (Fsp3) is 0.588. The molecule has 0 spiro atoms. The van der Waals surface area contributed by atoms with E-state index in [1.54, 1.807) is 0 Å². The molecule has 1 aromatic rings. The number of piperidine rings is 1. The van der Waals surface area contributed by atoms with Crippen molar-refractivity contribution in [3.8, 4) is 0 Å². The van der Waals surface area contributed by atoms with E-state index in [0.29, 0.717) is 12.5 Å². The minimum absolute atomic E-state index is 0.103. The Kier molecular flexibility index (Phi) is 5.81. The van der Waals surface area contributed by atoms with Crippen molar-refractivity contribution in [1.82, 2.24) is 4.90 Å². The van der Waals surface area contributed by atoms with Crippen molar-refractivity contribution in [3.05, 3.63) is 35.4 Å². The molecule has 1 N–H and O–H groups in total. The lowest BCUT2D eigenvalue weighted by molar-refractivity contribution is -0.134. The lowest BCUT2D eigenvalue weighted by atomic mass is 9.86. The molecule has 1 saturated heterocycles. The molecule has 1 aromatic carbocycles. The van der Waals surface area contributed by atoms with Gasteiger partial charge in [-0.2, -0.15) is 0 Å². The van der Waals surface area contributed by atoms with Crippen molar-refractivity contribution in [2.45, 2.75) is 32.7 Å². The lowest BCUT2D eigenvalue weighted by Gasteiger charge is -2.40. The Bertz CT molecular complexity index is 639. The van der Waals surface area contributed by atoms with E-state index in [1.165, 1.54) is 11.1 Å². The van der Waals surface area contributed by atoms with Crippen molar-refractivity contribution < 1.29 is 18.3 Å². The summed E-state index contributed by atoms with van der Waals surface area (Å²) in [6.07, 6.45) is 2.17. The number of aryl methyl sites for hydroxylation is 1. The molecule has 2 rings (SSSR count). The number of hydrogen-bond acceptors (Lipinski definition) is 4. The topological polar surface area (TPSA) is 74.7 Å². The number of carboxylic acid groups (broad SMARTS) is 1. The first-order valence-electron chi connectivity index (χ1n) is 8.01. The molecule has 2 atom stereocenters. The number of carboxylic acids is 1. The van der Waals surface area contributed by atoms with Crippen LogP contribution in [-0.4, -0.2) is 49.0 Å². The predicted molar refractivity (Wildman–Crippen MR) is 90.2 cm³/mol. The number of nitrogens with zero attached hydrogens (tertiary/aromatic N) is 1. The maximum Gasteiger partial charge on any atom is 0.318 e. The standard InChI is InChI=1S/C17H25NO4S/c1-13-5-7-15(8-6-13)17-14(2)4-3-9-18(17)10-11-23(21,22)12-16(19)20/h5-8,14,17H,3-4,9-12H2,1-2H3,(H,19,20). The number of hydrogen-bond donors (Lipinski definition) is 1. The van der Waals surface area contributed by atoms with E-state index in [2.05, 4.69) is 36.1 Å². The summed E-state index contributed by atoms with van der Waals surface area (Å²) >= 11 is 0. The third-order valence-corrected chi connectivity index (χ3v) is 5.98. The van der Waals surface area contributed by atoms with Gasteiger partial charge in [-0.1, -0.05) is 36.8 Å². The van der Waals surface area contributed by atoms with Gasteiger partial charge in [0.25, 0.3) is 0 Å². The lowest BCUT2D eigenvalue weighted by Crippen LogP contribution is -2.41. The monoisotopic (exact) mass is 339 g/mol. The summed E-state index contributed by atoms with van der Waals surface area (Å²) in [5.74, 6) is -1.72. The van der Waals surface area contributed by atoms with Crippen molar-refractivity contribution in [1.29, 1.82) is 0 Å². The van der Waals surface area contributed by atoms with E-state index < -0.39 is 21.6 Å². The Balaban J connectivity index is 2.11. The quantitative estimate of drug-likeness (QED) is 0.860. The largest absolute Gasteiger partial charge is 0.480 e. The van der Waals surface area contributed by atoms with Gasteiger partial charge in [-0.15, -0.1) is 0 Å².